The van der Waals surface area contributed by atoms with Crippen LogP contribution in [0.5, 0.6) is 11.5 Å². The summed E-state index contributed by atoms with van der Waals surface area (Å²) in [7, 11) is 0. The molecule has 1 N–H and O–H groups in total. The average molecular weight is 314 g/mol. The fourth-order valence-corrected chi connectivity index (χ4v) is 1.78. The molecule has 0 unspecified atom stereocenters. The van der Waals surface area contributed by atoms with E-state index in [0.29, 0.717) is 29.6 Å². The minimum absolute atomic E-state index is 0.136. The Bertz CT molecular complexity index is 672. The summed E-state index contributed by atoms with van der Waals surface area (Å²) in [6, 6.07) is 12.3. The average Bonchev–Trinajstić information content (AvgIpc) is 2.54. The number of aromatic carboxylic acids is 1. The number of esters is 1. The van der Waals surface area contributed by atoms with Crippen LogP contribution in [0.4, 0.5) is 0 Å². The van der Waals surface area contributed by atoms with Crippen molar-refractivity contribution in [3.05, 3.63) is 59.7 Å². The molecule has 0 atom stereocenters. The van der Waals surface area contributed by atoms with E-state index in [1.54, 1.807) is 24.3 Å². The highest BCUT2D eigenvalue weighted by atomic mass is 16.5. The Morgan fingerprint density at radius 2 is 1.43 bits per heavy atom. The van der Waals surface area contributed by atoms with Crippen LogP contribution in [-0.4, -0.2) is 23.7 Å². The molecule has 120 valence electrons. The van der Waals surface area contributed by atoms with E-state index in [0.717, 1.165) is 0 Å². The zero-order valence-corrected chi connectivity index (χ0v) is 13.0. The van der Waals surface area contributed by atoms with Gasteiger partial charge >= 0.3 is 11.9 Å². The molecule has 0 aliphatic carbocycles. The molecule has 0 amide bonds. The van der Waals surface area contributed by atoms with Crippen LogP contribution in [0.3, 0.4) is 0 Å². The Morgan fingerprint density at radius 1 is 0.913 bits per heavy atom. The first-order chi connectivity index (χ1) is 11.0. The maximum absolute atomic E-state index is 12.0. The second kappa shape index (κ2) is 7.45. The Labute approximate surface area is 134 Å². The highest BCUT2D eigenvalue weighted by Gasteiger charge is 2.10. The highest BCUT2D eigenvalue weighted by molar-refractivity contribution is 5.91. The minimum Gasteiger partial charge on any atom is -0.493 e. The number of carbonyl (C=O) groups is 2. The number of carboxylic acid groups (broad SMARTS) is 1. The lowest BCUT2D eigenvalue weighted by atomic mass is 10.2. The van der Waals surface area contributed by atoms with Crippen LogP contribution in [-0.2, 0) is 0 Å². The van der Waals surface area contributed by atoms with E-state index in [9.17, 15) is 9.59 Å². The second-order valence-electron chi connectivity index (χ2n) is 5.45. The van der Waals surface area contributed by atoms with E-state index in [4.69, 9.17) is 14.6 Å². The number of rotatable bonds is 6. The number of hydrogen-bond acceptors (Lipinski definition) is 4. The van der Waals surface area contributed by atoms with E-state index >= 15 is 0 Å². The van der Waals surface area contributed by atoms with Gasteiger partial charge in [0.2, 0.25) is 0 Å². The van der Waals surface area contributed by atoms with Gasteiger partial charge in [0.1, 0.15) is 11.5 Å². The van der Waals surface area contributed by atoms with E-state index < -0.39 is 11.9 Å². The van der Waals surface area contributed by atoms with Crippen LogP contribution < -0.4 is 9.47 Å². The lowest BCUT2D eigenvalue weighted by Gasteiger charge is -2.09. The molecule has 2 aromatic rings. The van der Waals surface area contributed by atoms with Gasteiger partial charge in [0.25, 0.3) is 0 Å². The van der Waals surface area contributed by atoms with E-state index in [1.807, 2.05) is 0 Å². The lowest BCUT2D eigenvalue weighted by Crippen LogP contribution is -2.09. The number of hydrogen-bond donors (Lipinski definition) is 1. The Kier molecular flexibility index (Phi) is 5.36. The molecule has 0 aliphatic heterocycles. The van der Waals surface area contributed by atoms with Gasteiger partial charge in [-0.2, -0.15) is 0 Å². The summed E-state index contributed by atoms with van der Waals surface area (Å²) in [5, 5.41) is 8.82. The minimum atomic E-state index is -1.03. The molecule has 0 aromatic heterocycles. The zero-order valence-electron chi connectivity index (χ0n) is 13.0. The molecule has 0 heterocycles. The first-order valence-electron chi connectivity index (χ1n) is 7.24. The summed E-state index contributed by atoms with van der Waals surface area (Å²) in [6.07, 6.45) is 0. The van der Waals surface area contributed by atoms with Gasteiger partial charge in [-0.25, -0.2) is 9.59 Å². The third kappa shape index (κ3) is 4.85. The highest BCUT2D eigenvalue weighted by Crippen LogP contribution is 2.17. The predicted octanol–water partition coefficient (Wildman–Crippen LogP) is 3.64. The molecule has 0 bridgehead atoms. The van der Waals surface area contributed by atoms with Crippen molar-refractivity contribution in [1.82, 2.24) is 0 Å². The number of carbonyl (C=O) groups excluding carboxylic acids is 1. The van der Waals surface area contributed by atoms with Crippen molar-refractivity contribution in [2.45, 2.75) is 13.8 Å². The first kappa shape index (κ1) is 16.5. The van der Waals surface area contributed by atoms with Crippen LogP contribution >= 0.6 is 0 Å². The van der Waals surface area contributed by atoms with Crippen molar-refractivity contribution in [3.63, 3.8) is 0 Å². The standard InChI is InChI=1S/C18H18O5/c1-12(2)11-22-15-7-5-14(6-8-15)18(21)23-16-9-3-13(4-10-16)17(19)20/h3-10,12H,11H2,1-2H3,(H,19,20). The molecule has 2 aromatic carbocycles. The molecular weight excluding hydrogens is 296 g/mol. The molecular formula is C18H18O5. The first-order valence-corrected chi connectivity index (χ1v) is 7.24. The van der Waals surface area contributed by atoms with Gasteiger partial charge in [-0.1, -0.05) is 13.8 Å². The maximum atomic E-state index is 12.0. The third-order valence-corrected chi connectivity index (χ3v) is 2.99. The van der Waals surface area contributed by atoms with Gasteiger partial charge in [-0.05, 0) is 54.4 Å². The number of carboxylic acids is 1. The van der Waals surface area contributed by atoms with Crippen molar-refractivity contribution < 1.29 is 24.2 Å². The molecule has 23 heavy (non-hydrogen) atoms. The van der Waals surface area contributed by atoms with Gasteiger partial charge < -0.3 is 14.6 Å². The monoisotopic (exact) mass is 314 g/mol. The lowest BCUT2D eigenvalue weighted by molar-refractivity contribution is 0.0696. The summed E-state index contributed by atoms with van der Waals surface area (Å²) in [5.74, 6) is -0.127. The molecule has 2 rings (SSSR count). The molecule has 0 saturated carbocycles. The summed E-state index contributed by atoms with van der Waals surface area (Å²) >= 11 is 0. The Balaban J connectivity index is 1.98. The fraction of sp³-hybridized carbons (Fsp3) is 0.222. The van der Waals surface area contributed by atoms with Crippen LogP contribution in [0.15, 0.2) is 48.5 Å². The quantitative estimate of drug-likeness (QED) is 0.651. The SMILES string of the molecule is CC(C)COc1ccc(C(=O)Oc2ccc(C(=O)O)cc2)cc1. The summed E-state index contributed by atoms with van der Waals surface area (Å²) < 4.78 is 10.7. The van der Waals surface area contributed by atoms with Crippen molar-refractivity contribution in [2.24, 2.45) is 5.92 Å². The van der Waals surface area contributed by atoms with Gasteiger partial charge in [-0.3, -0.25) is 0 Å². The van der Waals surface area contributed by atoms with Crippen LogP contribution in [0.25, 0.3) is 0 Å². The zero-order chi connectivity index (χ0) is 16.8. The van der Waals surface area contributed by atoms with E-state index in [-0.39, 0.29) is 5.56 Å². The number of benzene rings is 2. The normalized spacial score (nSPS) is 10.4. The fourth-order valence-electron chi connectivity index (χ4n) is 1.78. The second-order valence-corrected chi connectivity index (χ2v) is 5.45. The maximum Gasteiger partial charge on any atom is 0.343 e. The van der Waals surface area contributed by atoms with Crippen molar-refractivity contribution in [1.29, 1.82) is 0 Å². The Morgan fingerprint density at radius 3 is 1.96 bits per heavy atom. The molecule has 0 aliphatic rings. The summed E-state index contributed by atoms with van der Waals surface area (Å²) in [5.41, 5.74) is 0.528. The van der Waals surface area contributed by atoms with Crippen LogP contribution in [0, 0.1) is 5.92 Å². The van der Waals surface area contributed by atoms with Crippen molar-refractivity contribution >= 4 is 11.9 Å². The van der Waals surface area contributed by atoms with E-state index in [1.165, 1.54) is 24.3 Å². The van der Waals surface area contributed by atoms with Gasteiger partial charge in [0, 0.05) is 0 Å². The Hall–Kier alpha value is -2.82. The molecule has 5 heteroatoms. The van der Waals surface area contributed by atoms with Gasteiger partial charge in [0.05, 0.1) is 17.7 Å². The summed E-state index contributed by atoms with van der Waals surface area (Å²) in [4.78, 5) is 22.8. The molecule has 0 radical (unpaired) electrons. The largest absolute Gasteiger partial charge is 0.493 e. The third-order valence-electron chi connectivity index (χ3n) is 2.99. The van der Waals surface area contributed by atoms with Crippen molar-refractivity contribution in [2.75, 3.05) is 6.61 Å². The predicted molar refractivity (Wildman–Crippen MR) is 85.1 cm³/mol. The van der Waals surface area contributed by atoms with Crippen LogP contribution in [0.2, 0.25) is 0 Å². The topological polar surface area (TPSA) is 72.8 Å². The molecule has 0 spiro atoms. The van der Waals surface area contributed by atoms with Gasteiger partial charge in [0.15, 0.2) is 0 Å². The molecule has 5 nitrogen and oxygen atoms in total. The van der Waals surface area contributed by atoms with Crippen molar-refractivity contribution in [3.8, 4) is 11.5 Å². The van der Waals surface area contributed by atoms with Gasteiger partial charge in [-0.15, -0.1) is 0 Å². The van der Waals surface area contributed by atoms with E-state index in [2.05, 4.69) is 13.8 Å². The number of ether oxygens (including phenoxy) is 2. The molecule has 0 saturated heterocycles. The smallest absolute Gasteiger partial charge is 0.343 e. The molecule has 0 fully saturated rings. The summed E-state index contributed by atoms with van der Waals surface area (Å²) in [6.45, 7) is 4.72. The van der Waals surface area contributed by atoms with Crippen LogP contribution in [0.1, 0.15) is 34.6 Å².